The van der Waals surface area contributed by atoms with Crippen molar-refractivity contribution >= 4 is 10.9 Å². The molecule has 3 nitrogen and oxygen atoms in total. The quantitative estimate of drug-likeness (QED) is 0.517. The number of hydrogen-bond donors (Lipinski definition) is 0. The normalized spacial score (nSPS) is 10.5. The molecule has 1 aromatic carbocycles. The van der Waals surface area contributed by atoms with E-state index in [1.807, 2.05) is 13.0 Å². The highest BCUT2D eigenvalue weighted by molar-refractivity contribution is 5.75. The zero-order chi connectivity index (χ0) is 10.8. The second-order valence-electron chi connectivity index (χ2n) is 3.40. The maximum absolute atomic E-state index is 11.6. The third kappa shape index (κ3) is 1.68. The highest BCUT2D eigenvalue weighted by Gasteiger charge is 2.03. The summed E-state index contributed by atoms with van der Waals surface area (Å²) in [5.74, 6) is 0. The first-order valence-corrected chi connectivity index (χ1v) is 4.87. The van der Waals surface area contributed by atoms with Gasteiger partial charge in [-0.15, -0.1) is 0 Å². The second-order valence-corrected chi connectivity index (χ2v) is 3.40. The van der Waals surface area contributed by atoms with Gasteiger partial charge < -0.3 is 5.21 Å². The number of nitrogens with zero attached hydrogens (tertiary/aromatic N) is 1. The molecule has 76 valence electrons. The molecule has 15 heavy (non-hydrogen) atoms. The Kier molecular flexibility index (Phi) is 2.37. The van der Waals surface area contributed by atoms with Crippen molar-refractivity contribution in [3.05, 3.63) is 57.5 Å². The van der Waals surface area contributed by atoms with Crippen molar-refractivity contribution in [1.29, 1.82) is 0 Å². The van der Waals surface area contributed by atoms with Crippen LogP contribution in [0.1, 0.15) is 12.5 Å². The fraction of sp³-hybridized carbons (Fsp3) is 0.167. The van der Waals surface area contributed by atoms with E-state index in [-0.39, 0.29) is 5.43 Å². The molecule has 0 spiro atoms. The number of hydrogen-bond acceptors (Lipinski definition) is 2. The van der Waals surface area contributed by atoms with Gasteiger partial charge in [-0.05, 0) is 24.6 Å². The highest BCUT2D eigenvalue weighted by atomic mass is 16.5. The summed E-state index contributed by atoms with van der Waals surface area (Å²) in [4.78, 5) is 11.6. The second kappa shape index (κ2) is 3.69. The van der Waals surface area contributed by atoms with E-state index < -0.39 is 0 Å². The van der Waals surface area contributed by atoms with Gasteiger partial charge in [0.15, 0.2) is 11.6 Å². The van der Waals surface area contributed by atoms with Gasteiger partial charge in [-0.3, -0.25) is 4.79 Å². The van der Waals surface area contributed by atoms with Crippen LogP contribution >= 0.6 is 0 Å². The molecule has 0 atom stereocenters. The maximum atomic E-state index is 11.6. The van der Waals surface area contributed by atoms with Crippen molar-refractivity contribution in [2.24, 2.45) is 0 Å². The molecule has 0 bridgehead atoms. The first kappa shape index (κ1) is 9.65. The van der Waals surface area contributed by atoms with Crippen molar-refractivity contribution in [1.82, 2.24) is 0 Å². The van der Waals surface area contributed by atoms with Gasteiger partial charge in [-0.25, -0.2) is 0 Å². The Hall–Kier alpha value is -1.90. The zero-order valence-electron chi connectivity index (χ0n) is 8.43. The number of fused-ring (bicyclic) bond motifs is 1. The van der Waals surface area contributed by atoms with Crippen molar-refractivity contribution < 1.29 is 4.73 Å². The van der Waals surface area contributed by atoms with Crippen LogP contribution in [0.3, 0.4) is 0 Å². The number of aryl methyl sites for hydroxylation is 1. The van der Waals surface area contributed by atoms with E-state index in [4.69, 9.17) is 0 Å². The van der Waals surface area contributed by atoms with Gasteiger partial charge in [0.1, 0.15) is 0 Å². The Labute approximate surface area is 87.2 Å². The summed E-state index contributed by atoms with van der Waals surface area (Å²) < 4.78 is 0.786. The summed E-state index contributed by atoms with van der Waals surface area (Å²) in [6.07, 6.45) is 2.07. The molecular formula is C12H11NO2. The van der Waals surface area contributed by atoms with Crippen LogP contribution in [-0.2, 0) is 6.42 Å². The van der Waals surface area contributed by atoms with E-state index in [0.29, 0.717) is 17.5 Å². The predicted molar refractivity (Wildman–Crippen MR) is 58.6 cm³/mol. The minimum Gasteiger partial charge on any atom is -0.618 e. The lowest BCUT2D eigenvalue weighted by molar-refractivity contribution is -0.577. The Bertz CT molecular complexity index is 564. The lowest BCUT2D eigenvalue weighted by Gasteiger charge is -1.97. The van der Waals surface area contributed by atoms with E-state index in [2.05, 4.69) is 0 Å². The standard InChI is InChI=1S/C12H11NO2/c1-2-9-8-11-10(5-6-12(9)14)4-3-7-13(11)15/h3-8H,2H2,1H3. The molecule has 1 heterocycles. The number of pyridine rings is 1. The van der Waals surface area contributed by atoms with Crippen LogP contribution in [0.5, 0.6) is 0 Å². The van der Waals surface area contributed by atoms with E-state index in [1.54, 1.807) is 18.2 Å². The number of aromatic nitrogens is 1. The molecule has 0 amide bonds. The summed E-state index contributed by atoms with van der Waals surface area (Å²) in [5.41, 5.74) is 1.19. The number of rotatable bonds is 1. The average molecular weight is 201 g/mol. The van der Waals surface area contributed by atoms with Crippen LogP contribution < -0.4 is 10.2 Å². The molecule has 3 heteroatoms. The summed E-state index contributed by atoms with van der Waals surface area (Å²) in [6.45, 7) is 1.90. The van der Waals surface area contributed by atoms with E-state index in [1.165, 1.54) is 12.3 Å². The van der Waals surface area contributed by atoms with Crippen LogP contribution in [0.15, 0.2) is 41.3 Å². The Morgan fingerprint density at radius 2 is 2.13 bits per heavy atom. The molecule has 0 aliphatic rings. The van der Waals surface area contributed by atoms with Gasteiger partial charge in [0, 0.05) is 23.1 Å². The molecule has 2 aromatic rings. The third-order valence-electron chi connectivity index (χ3n) is 2.45. The van der Waals surface area contributed by atoms with Gasteiger partial charge in [0.05, 0.1) is 0 Å². The molecule has 0 saturated heterocycles. The van der Waals surface area contributed by atoms with Crippen molar-refractivity contribution in [2.75, 3.05) is 0 Å². The fourth-order valence-corrected chi connectivity index (χ4v) is 1.59. The molecule has 0 radical (unpaired) electrons. The smallest absolute Gasteiger partial charge is 0.224 e. The predicted octanol–water partition coefficient (Wildman–Crippen LogP) is 1.40. The molecule has 0 unspecified atom stereocenters. The molecule has 0 aliphatic carbocycles. The Morgan fingerprint density at radius 3 is 2.87 bits per heavy atom. The van der Waals surface area contributed by atoms with E-state index >= 15 is 0 Å². The molecule has 2 rings (SSSR count). The van der Waals surface area contributed by atoms with Crippen LogP contribution in [-0.4, -0.2) is 0 Å². The topological polar surface area (TPSA) is 44.0 Å². The molecule has 0 saturated carbocycles. The van der Waals surface area contributed by atoms with Crippen LogP contribution in [0.4, 0.5) is 0 Å². The average Bonchev–Trinajstić information content (AvgIpc) is 2.40. The minimum atomic E-state index is -0.0197. The summed E-state index contributed by atoms with van der Waals surface area (Å²) >= 11 is 0. The van der Waals surface area contributed by atoms with Gasteiger partial charge in [-0.2, -0.15) is 4.73 Å². The first-order chi connectivity index (χ1) is 7.22. The molecular weight excluding hydrogens is 190 g/mol. The van der Waals surface area contributed by atoms with E-state index in [9.17, 15) is 10.0 Å². The van der Waals surface area contributed by atoms with Gasteiger partial charge in [0.2, 0.25) is 5.52 Å². The lowest BCUT2D eigenvalue weighted by atomic mass is 10.2. The molecule has 1 aromatic heterocycles. The van der Waals surface area contributed by atoms with Crippen molar-refractivity contribution in [3.63, 3.8) is 0 Å². The molecule has 0 fully saturated rings. The monoisotopic (exact) mass is 201 g/mol. The third-order valence-corrected chi connectivity index (χ3v) is 2.45. The highest BCUT2D eigenvalue weighted by Crippen LogP contribution is 2.07. The summed E-state index contributed by atoms with van der Waals surface area (Å²) in [6, 6.07) is 8.37. The summed E-state index contributed by atoms with van der Waals surface area (Å²) in [7, 11) is 0. The van der Waals surface area contributed by atoms with Crippen molar-refractivity contribution in [3.8, 4) is 0 Å². The fourth-order valence-electron chi connectivity index (χ4n) is 1.59. The minimum absolute atomic E-state index is 0.0197. The zero-order valence-corrected chi connectivity index (χ0v) is 8.43. The van der Waals surface area contributed by atoms with Gasteiger partial charge in [0.25, 0.3) is 0 Å². The largest absolute Gasteiger partial charge is 0.618 e. The first-order valence-electron chi connectivity index (χ1n) is 4.87. The van der Waals surface area contributed by atoms with Crippen LogP contribution in [0.2, 0.25) is 0 Å². The van der Waals surface area contributed by atoms with E-state index in [0.717, 1.165) is 10.1 Å². The van der Waals surface area contributed by atoms with Crippen LogP contribution in [0, 0.1) is 5.21 Å². The Morgan fingerprint density at radius 1 is 1.33 bits per heavy atom. The van der Waals surface area contributed by atoms with Crippen LogP contribution in [0.25, 0.3) is 10.9 Å². The Balaban J connectivity index is 2.94. The maximum Gasteiger partial charge on any atom is 0.224 e. The van der Waals surface area contributed by atoms with Gasteiger partial charge in [-0.1, -0.05) is 6.92 Å². The van der Waals surface area contributed by atoms with Gasteiger partial charge >= 0.3 is 0 Å². The molecule has 0 N–H and O–H groups in total. The SMILES string of the molecule is CCc1cc2c(ccc[n+]2[O-])ccc1=O. The summed E-state index contributed by atoms with van der Waals surface area (Å²) in [5, 5.41) is 12.3. The lowest BCUT2D eigenvalue weighted by Crippen LogP contribution is -2.25. The van der Waals surface area contributed by atoms with Crippen molar-refractivity contribution in [2.45, 2.75) is 13.3 Å². The molecule has 0 aliphatic heterocycles.